The van der Waals surface area contributed by atoms with Gasteiger partial charge in [-0.3, -0.25) is 4.79 Å². The maximum absolute atomic E-state index is 11.9. The van der Waals surface area contributed by atoms with Crippen LogP contribution in [0.5, 0.6) is 0 Å². The van der Waals surface area contributed by atoms with Crippen molar-refractivity contribution in [1.29, 1.82) is 0 Å². The predicted molar refractivity (Wildman–Crippen MR) is 76.4 cm³/mol. The van der Waals surface area contributed by atoms with Gasteiger partial charge in [-0.25, -0.2) is 4.98 Å². The summed E-state index contributed by atoms with van der Waals surface area (Å²) in [5.74, 6) is 0.877. The second kappa shape index (κ2) is 6.01. The molecule has 1 amide bonds. The molecule has 2 fully saturated rings. The number of hydrogen-bond donors (Lipinski definition) is 1. The molecule has 1 saturated carbocycles. The highest BCUT2D eigenvalue weighted by Gasteiger charge is 2.27. The van der Waals surface area contributed by atoms with Crippen LogP contribution >= 0.6 is 11.3 Å². The van der Waals surface area contributed by atoms with Gasteiger partial charge in [0.2, 0.25) is 0 Å². The minimum Gasteiger partial charge on any atom is -0.347 e. The standard InChI is InChI=1S/C14H21N3OS/c18-14(13-9-19-10-15-13)16-12-5-6-17(8-12)7-11-3-1-2-4-11/h9-12H,1-8H2,(H,16,18)/t12-/m0/s1. The third kappa shape index (κ3) is 3.34. The maximum Gasteiger partial charge on any atom is 0.271 e. The summed E-state index contributed by atoms with van der Waals surface area (Å²) in [6.07, 6.45) is 6.67. The first-order valence-corrected chi connectivity index (χ1v) is 8.17. The molecule has 1 N–H and O–H groups in total. The molecule has 5 heteroatoms. The van der Waals surface area contributed by atoms with Gasteiger partial charge in [-0.05, 0) is 25.2 Å². The van der Waals surface area contributed by atoms with Crippen molar-refractivity contribution >= 4 is 17.2 Å². The van der Waals surface area contributed by atoms with E-state index in [-0.39, 0.29) is 5.91 Å². The Labute approximate surface area is 118 Å². The van der Waals surface area contributed by atoms with Crippen LogP contribution in [0.1, 0.15) is 42.6 Å². The Hall–Kier alpha value is -0.940. The number of thiazole rings is 1. The van der Waals surface area contributed by atoms with Gasteiger partial charge < -0.3 is 10.2 Å². The van der Waals surface area contributed by atoms with Gasteiger partial charge in [0.15, 0.2) is 0 Å². The van der Waals surface area contributed by atoms with Gasteiger partial charge in [0.1, 0.15) is 5.69 Å². The highest BCUT2D eigenvalue weighted by Crippen LogP contribution is 2.26. The molecular formula is C14H21N3OS. The number of likely N-dealkylation sites (tertiary alicyclic amines) is 1. The van der Waals surface area contributed by atoms with Crippen molar-refractivity contribution in [3.8, 4) is 0 Å². The molecule has 2 aliphatic rings. The number of aromatic nitrogens is 1. The normalized spacial score (nSPS) is 24.9. The minimum absolute atomic E-state index is 0.0195. The molecule has 3 rings (SSSR count). The largest absolute Gasteiger partial charge is 0.347 e. The van der Waals surface area contributed by atoms with E-state index >= 15 is 0 Å². The van der Waals surface area contributed by atoms with Crippen LogP contribution in [0, 0.1) is 5.92 Å². The number of amides is 1. The molecule has 104 valence electrons. The highest BCUT2D eigenvalue weighted by molar-refractivity contribution is 7.07. The third-order valence-corrected chi connectivity index (χ3v) is 4.85. The van der Waals surface area contributed by atoms with Crippen LogP contribution in [-0.2, 0) is 0 Å². The number of rotatable bonds is 4. The summed E-state index contributed by atoms with van der Waals surface area (Å²) in [5, 5.41) is 4.91. The van der Waals surface area contributed by atoms with Crippen LogP contribution in [0.3, 0.4) is 0 Å². The molecule has 19 heavy (non-hydrogen) atoms. The van der Waals surface area contributed by atoms with E-state index in [1.165, 1.54) is 43.6 Å². The number of carbonyl (C=O) groups excluding carboxylic acids is 1. The monoisotopic (exact) mass is 279 g/mol. The van der Waals surface area contributed by atoms with Gasteiger partial charge in [0.05, 0.1) is 5.51 Å². The zero-order valence-corrected chi connectivity index (χ0v) is 12.0. The fourth-order valence-corrected chi connectivity index (χ4v) is 3.79. The van der Waals surface area contributed by atoms with Crippen LogP contribution in [0.25, 0.3) is 0 Å². The van der Waals surface area contributed by atoms with Gasteiger partial charge in [-0.1, -0.05) is 12.8 Å². The van der Waals surface area contributed by atoms with Crippen LogP contribution in [0.4, 0.5) is 0 Å². The molecule has 4 nitrogen and oxygen atoms in total. The molecule has 1 saturated heterocycles. The van der Waals surface area contributed by atoms with E-state index in [1.54, 1.807) is 10.9 Å². The van der Waals surface area contributed by atoms with Gasteiger partial charge in [0, 0.05) is 31.1 Å². The quantitative estimate of drug-likeness (QED) is 0.918. The Morgan fingerprint density at radius 2 is 2.26 bits per heavy atom. The van der Waals surface area contributed by atoms with Crippen molar-refractivity contribution in [2.24, 2.45) is 5.92 Å². The third-order valence-electron chi connectivity index (χ3n) is 4.26. The van der Waals surface area contributed by atoms with Crippen LogP contribution in [0.2, 0.25) is 0 Å². The van der Waals surface area contributed by atoms with Gasteiger partial charge in [-0.15, -0.1) is 11.3 Å². The topological polar surface area (TPSA) is 45.2 Å². The summed E-state index contributed by atoms with van der Waals surface area (Å²) in [6.45, 7) is 3.36. The summed E-state index contributed by atoms with van der Waals surface area (Å²) < 4.78 is 0. The number of nitrogens with one attached hydrogen (secondary N) is 1. The molecule has 1 aliphatic carbocycles. The fourth-order valence-electron chi connectivity index (χ4n) is 3.26. The van der Waals surface area contributed by atoms with Gasteiger partial charge >= 0.3 is 0 Å². The second-order valence-corrected chi connectivity index (χ2v) is 6.46. The molecule has 1 aromatic rings. The molecule has 0 radical (unpaired) electrons. The van der Waals surface area contributed by atoms with Crippen molar-refractivity contribution in [2.75, 3.05) is 19.6 Å². The van der Waals surface area contributed by atoms with Crippen molar-refractivity contribution in [3.05, 3.63) is 16.6 Å². The van der Waals surface area contributed by atoms with Crippen LogP contribution in [-0.4, -0.2) is 41.5 Å². The average Bonchev–Trinajstić information content (AvgIpc) is 3.10. The van der Waals surface area contributed by atoms with E-state index in [9.17, 15) is 4.79 Å². The molecule has 1 aliphatic heterocycles. The van der Waals surface area contributed by atoms with E-state index in [2.05, 4.69) is 15.2 Å². The lowest BCUT2D eigenvalue weighted by Crippen LogP contribution is -2.38. The molecule has 1 atom stereocenters. The molecule has 2 heterocycles. The lowest BCUT2D eigenvalue weighted by molar-refractivity contribution is 0.0933. The van der Waals surface area contributed by atoms with E-state index in [0.29, 0.717) is 11.7 Å². The Kier molecular flexibility index (Phi) is 4.13. The molecule has 0 unspecified atom stereocenters. The van der Waals surface area contributed by atoms with E-state index < -0.39 is 0 Å². The second-order valence-electron chi connectivity index (χ2n) is 5.74. The number of nitrogens with zero attached hydrogens (tertiary/aromatic N) is 2. The van der Waals surface area contributed by atoms with Crippen molar-refractivity contribution in [2.45, 2.75) is 38.1 Å². The van der Waals surface area contributed by atoms with Crippen molar-refractivity contribution in [3.63, 3.8) is 0 Å². The fraction of sp³-hybridized carbons (Fsp3) is 0.714. The molecule has 0 bridgehead atoms. The predicted octanol–water partition coefficient (Wildman–Crippen LogP) is 2.14. The van der Waals surface area contributed by atoms with Crippen LogP contribution in [0.15, 0.2) is 10.9 Å². The lowest BCUT2D eigenvalue weighted by atomic mass is 10.1. The summed E-state index contributed by atoms with van der Waals surface area (Å²) in [5.41, 5.74) is 2.26. The van der Waals surface area contributed by atoms with E-state index in [4.69, 9.17) is 0 Å². The molecule has 0 aromatic carbocycles. The Bertz CT molecular complexity index is 414. The average molecular weight is 279 g/mol. The smallest absolute Gasteiger partial charge is 0.271 e. The SMILES string of the molecule is O=C(N[C@H]1CCN(CC2CCCC2)C1)c1cscn1. The summed E-state index contributed by atoms with van der Waals surface area (Å²) >= 11 is 1.47. The highest BCUT2D eigenvalue weighted by atomic mass is 32.1. The van der Waals surface area contributed by atoms with Crippen molar-refractivity contribution < 1.29 is 4.79 Å². The Morgan fingerprint density at radius 1 is 1.42 bits per heavy atom. The maximum atomic E-state index is 11.9. The zero-order chi connectivity index (χ0) is 13.1. The first-order valence-electron chi connectivity index (χ1n) is 7.22. The Morgan fingerprint density at radius 3 is 3.00 bits per heavy atom. The molecule has 0 spiro atoms. The number of hydrogen-bond acceptors (Lipinski definition) is 4. The van der Waals surface area contributed by atoms with Gasteiger partial charge in [-0.2, -0.15) is 0 Å². The minimum atomic E-state index is -0.0195. The summed E-state index contributed by atoms with van der Waals surface area (Å²) in [4.78, 5) is 18.5. The zero-order valence-electron chi connectivity index (χ0n) is 11.2. The lowest BCUT2D eigenvalue weighted by Gasteiger charge is -2.20. The van der Waals surface area contributed by atoms with E-state index in [1.807, 2.05) is 0 Å². The molecule has 1 aromatic heterocycles. The first-order chi connectivity index (χ1) is 9.31. The van der Waals surface area contributed by atoms with Crippen LogP contribution < -0.4 is 5.32 Å². The van der Waals surface area contributed by atoms with Crippen molar-refractivity contribution in [1.82, 2.24) is 15.2 Å². The Balaban J connectivity index is 1.45. The first kappa shape index (κ1) is 13.1. The number of carbonyl (C=O) groups is 1. The summed E-state index contributed by atoms with van der Waals surface area (Å²) in [7, 11) is 0. The van der Waals surface area contributed by atoms with E-state index in [0.717, 1.165) is 25.4 Å². The van der Waals surface area contributed by atoms with Gasteiger partial charge in [0.25, 0.3) is 5.91 Å². The summed E-state index contributed by atoms with van der Waals surface area (Å²) in [6, 6.07) is 0.301. The molecular weight excluding hydrogens is 258 g/mol.